The minimum atomic E-state index is -0.140. The van der Waals surface area contributed by atoms with Crippen LogP contribution in [0.5, 0.6) is 0 Å². The molecule has 7 heteroatoms. The fourth-order valence-corrected chi connectivity index (χ4v) is 2.41. The lowest BCUT2D eigenvalue weighted by Crippen LogP contribution is -2.05. The van der Waals surface area contributed by atoms with Crippen LogP contribution >= 0.6 is 11.3 Å². The van der Waals surface area contributed by atoms with Gasteiger partial charge in [-0.05, 0) is 24.6 Å². The Balaban J connectivity index is 2.08. The van der Waals surface area contributed by atoms with E-state index in [0.29, 0.717) is 0 Å². The molecular weight excluding hydrogens is 272 g/mol. The van der Waals surface area contributed by atoms with Gasteiger partial charge in [-0.1, -0.05) is 24.3 Å². The van der Waals surface area contributed by atoms with Crippen molar-refractivity contribution in [1.82, 2.24) is 4.98 Å². The van der Waals surface area contributed by atoms with Gasteiger partial charge < -0.3 is 11.2 Å². The van der Waals surface area contributed by atoms with E-state index >= 15 is 0 Å². The van der Waals surface area contributed by atoms with E-state index in [2.05, 4.69) is 20.6 Å². The number of nitrogens with one attached hydrogen (secondary N) is 2. The molecule has 0 saturated carbocycles. The summed E-state index contributed by atoms with van der Waals surface area (Å²) in [7, 11) is 0. The lowest BCUT2D eigenvalue weighted by molar-refractivity contribution is 0.951. The molecule has 0 saturated heterocycles. The van der Waals surface area contributed by atoms with Crippen molar-refractivity contribution < 1.29 is 0 Å². The fourth-order valence-electron chi connectivity index (χ4n) is 1.70. The standard InChI is InChI=1S/C13H16N6S/c1-8-7-20-13(16-8)17-11-5-3-10(4-6-11)9(2)12(14)18-19-15/h3-7,9H,1-2H3,(H,16,17)(H3,14,15,18). The molecule has 2 aromatic rings. The van der Waals surface area contributed by atoms with Gasteiger partial charge in [0.1, 0.15) is 0 Å². The predicted molar refractivity (Wildman–Crippen MR) is 81.8 cm³/mol. The number of aryl methyl sites for hydroxylation is 1. The average Bonchev–Trinajstić information content (AvgIpc) is 2.84. The largest absolute Gasteiger partial charge is 0.332 e. The lowest BCUT2D eigenvalue weighted by Gasteiger charge is -2.10. The molecule has 104 valence electrons. The van der Waals surface area contributed by atoms with Gasteiger partial charge in [0, 0.05) is 17.0 Å². The molecule has 1 atom stereocenters. The molecule has 0 radical (unpaired) electrons. The smallest absolute Gasteiger partial charge is 0.187 e. The highest BCUT2D eigenvalue weighted by molar-refractivity contribution is 7.13. The number of benzene rings is 1. The molecule has 0 amide bonds. The number of thiazole rings is 1. The summed E-state index contributed by atoms with van der Waals surface area (Å²) in [5, 5.41) is 20.5. The van der Waals surface area contributed by atoms with E-state index in [4.69, 9.17) is 11.3 Å². The molecule has 6 nitrogen and oxygen atoms in total. The van der Waals surface area contributed by atoms with Crippen LogP contribution in [-0.2, 0) is 0 Å². The van der Waals surface area contributed by atoms with Crippen molar-refractivity contribution in [2.45, 2.75) is 19.8 Å². The van der Waals surface area contributed by atoms with Gasteiger partial charge >= 0.3 is 0 Å². The van der Waals surface area contributed by atoms with Crippen molar-refractivity contribution in [3.63, 3.8) is 0 Å². The zero-order valence-corrected chi connectivity index (χ0v) is 12.1. The van der Waals surface area contributed by atoms with E-state index in [9.17, 15) is 0 Å². The minimum Gasteiger partial charge on any atom is -0.332 e. The Hall–Kier alpha value is -2.28. The predicted octanol–water partition coefficient (Wildman–Crippen LogP) is 3.60. The van der Waals surface area contributed by atoms with Gasteiger partial charge in [-0.25, -0.2) is 4.98 Å². The van der Waals surface area contributed by atoms with Gasteiger partial charge in [-0.15, -0.1) is 16.5 Å². The average molecular weight is 288 g/mol. The molecule has 4 N–H and O–H groups in total. The molecule has 1 heterocycles. The molecule has 0 spiro atoms. The van der Waals surface area contributed by atoms with Crippen LogP contribution in [0.1, 0.15) is 24.1 Å². The maximum Gasteiger partial charge on any atom is 0.187 e. The minimum absolute atomic E-state index is 0.140. The van der Waals surface area contributed by atoms with Crippen molar-refractivity contribution >= 4 is 28.0 Å². The summed E-state index contributed by atoms with van der Waals surface area (Å²) in [6, 6.07) is 7.81. The zero-order valence-electron chi connectivity index (χ0n) is 11.3. The van der Waals surface area contributed by atoms with Crippen LogP contribution in [0.3, 0.4) is 0 Å². The first-order chi connectivity index (χ1) is 9.60. The third-order valence-corrected chi connectivity index (χ3v) is 3.73. The summed E-state index contributed by atoms with van der Waals surface area (Å²) >= 11 is 1.57. The van der Waals surface area contributed by atoms with Crippen molar-refractivity contribution in [1.29, 1.82) is 5.41 Å². The first-order valence-electron chi connectivity index (χ1n) is 6.08. The normalized spacial score (nSPS) is 12.5. The summed E-state index contributed by atoms with van der Waals surface area (Å²) < 4.78 is 0. The first kappa shape index (κ1) is 14.1. The van der Waals surface area contributed by atoms with Crippen LogP contribution in [0.4, 0.5) is 10.8 Å². The summed E-state index contributed by atoms with van der Waals surface area (Å²) in [6.07, 6.45) is 0. The lowest BCUT2D eigenvalue weighted by atomic mass is 10.00. The highest BCUT2D eigenvalue weighted by Gasteiger charge is 2.11. The van der Waals surface area contributed by atoms with Crippen LogP contribution in [0.2, 0.25) is 0 Å². The second-order valence-corrected chi connectivity index (χ2v) is 5.22. The van der Waals surface area contributed by atoms with Gasteiger partial charge in [-0.2, -0.15) is 0 Å². The van der Waals surface area contributed by atoms with Gasteiger partial charge in [0.15, 0.2) is 11.0 Å². The van der Waals surface area contributed by atoms with Crippen molar-refractivity contribution in [3.8, 4) is 0 Å². The van der Waals surface area contributed by atoms with E-state index in [-0.39, 0.29) is 11.8 Å². The number of hydrogen-bond donors (Lipinski definition) is 3. The topological polar surface area (TPSA) is 99.5 Å². The molecule has 1 unspecified atom stereocenters. The Morgan fingerprint density at radius 3 is 2.65 bits per heavy atom. The van der Waals surface area contributed by atoms with Crippen LogP contribution in [0.25, 0.3) is 0 Å². The fraction of sp³-hybridized carbons (Fsp3) is 0.231. The van der Waals surface area contributed by atoms with E-state index in [1.807, 2.05) is 43.5 Å². The summed E-state index contributed by atoms with van der Waals surface area (Å²) in [5.74, 6) is 4.96. The number of aromatic nitrogens is 1. The maximum absolute atomic E-state index is 7.70. The second-order valence-electron chi connectivity index (χ2n) is 4.36. The number of nitrogens with zero attached hydrogens (tertiary/aromatic N) is 3. The Morgan fingerprint density at radius 1 is 1.40 bits per heavy atom. The number of anilines is 2. The summed E-state index contributed by atoms with van der Waals surface area (Å²) in [6.45, 7) is 3.85. The van der Waals surface area contributed by atoms with Crippen LogP contribution in [0.15, 0.2) is 40.0 Å². The van der Waals surface area contributed by atoms with Gasteiger partial charge in [0.2, 0.25) is 0 Å². The monoisotopic (exact) mass is 288 g/mol. The maximum atomic E-state index is 7.70. The molecule has 0 aliphatic heterocycles. The van der Waals surface area contributed by atoms with Crippen LogP contribution in [-0.4, -0.2) is 10.8 Å². The highest BCUT2D eigenvalue weighted by Crippen LogP contribution is 2.23. The zero-order chi connectivity index (χ0) is 14.5. The molecule has 1 aromatic heterocycles. The quantitative estimate of drug-likeness (QED) is 0.263. The van der Waals surface area contributed by atoms with E-state index in [0.717, 1.165) is 22.1 Å². The second kappa shape index (κ2) is 6.25. The van der Waals surface area contributed by atoms with Gasteiger partial charge in [0.25, 0.3) is 0 Å². The van der Waals surface area contributed by atoms with E-state index < -0.39 is 0 Å². The molecule has 0 fully saturated rings. The summed E-state index contributed by atoms with van der Waals surface area (Å²) in [5.41, 5.74) is 2.95. The van der Waals surface area contributed by atoms with Crippen molar-refractivity contribution in [3.05, 3.63) is 40.9 Å². The third-order valence-electron chi connectivity index (χ3n) is 2.86. The van der Waals surface area contributed by atoms with Crippen molar-refractivity contribution in [2.75, 3.05) is 5.32 Å². The number of rotatable bonds is 4. The first-order valence-corrected chi connectivity index (χ1v) is 6.96. The molecule has 20 heavy (non-hydrogen) atoms. The highest BCUT2D eigenvalue weighted by atomic mass is 32.1. The SMILES string of the molecule is Cc1csc(Nc2ccc(C(C)C(=N)N=NN)cc2)n1. The third kappa shape index (κ3) is 3.39. The Kier molecular flexibility index (Phi) is 4.41. The molecule has 2 rings (SSSR count). The Morgan fingerprint density at radius 2 is 2.10 bits per heavy atom. The van der Waals surface area contributed by atoms with Gasteiger partial charge in [-0.3, -0.25) is 5.41 Å². The molecular formula is C13H16N6S. The Bertz CT molecular complexity index is 616. The number of nitrogens with two attached hydrogens (primary N) is 1. The molecule has 0 aliphatic carbocycles. The Labute approximate surface area is 121 Å². The molecule has 1 aromatic carbocycles. The summed E-state index contributed by atoms with van der Waals surface area (Å²) in [4.78, 5) is 4.35. The number of hydrogen-bond acceptors (Lipinski definition) is 5. The van der Waals surface area contributed by atoms with Gasteiger partial charge in [0.05, 0.1) is 5.69 Å². The molecule has 0 bridgehead atoms. The van der Waals surface area contributed by atoms with E-state index in [1.165, 1.54) is 0 Å². The number of amidine groups is 1. The molecule has 0 aliphatic rings. The van der Waals surface area contributed by atoms with E-state index in [1.54, 1.807) is 11.3 Å². The van der Waals surface area contributed by atoms with Crippen molar-refractivity contribution in [2.24, 2.45) is 16.2 Å². The van der Waals surface area contributed by atoms with Crippen LogP contribution < -0.4 is 11.2 Å². The van der Waals surface area contributed by atoms with Crippen LogP contribution in [0, 0.1) is 12.3 Å².